The minimum atomic E-state index is -0.534. The summed E-state index contributed by atoms with van der Waals surface area (Å²) in [7, 11) is 0. The summed E-state index contributed by atoms with van der Waals surface area (Å²) in [5.74, 6) is 0.305. The Morgan fingerprint density at radius 1 is 0.288 bits per heavy atom. The molecule has 0 heteroatoms. The molecule has 0 heterocycles. The Morgan fingerprint density at radius 3 is 1.30 bits per heavy atom. The molecular formula is C66H42. The topological polar surface area (TPSA) is 0 Å². The van der Waals surface area contributed by atoms with Gasteiger partial charge >= 0.3 is 0 Å². The van der Waals surface area contributed by atoms with E-state index in [1.165, 1.54) is 127 Å². The monoisotopic (exact) mass is 834 g/mol. The van der Waals surface area contributed by atoms with Gasteiger partial charge in [-0.25, -0.2) is 0 Å². The molecule has 0 nitrogen and oxygen atoms in total. The van der Waals surface area contributed by atoms with Crippen LogP contribution in [0.4, 0.5) is 0 Å². The van der Waals surface area contributed by atoms with Crippen molar-refractivity contribution in [3.8, 4) is 44.5 Å². The predicted molar refractivity (Wildman–Crippen MR) is 272 cm³/mol. The summed E-state index contributed by atoms with van der Waals surface area (Å²) < 4.78 is 0. The van der Waals surface area contributed by atoms with Crippen molar-refractivity contribution in [2.24, 2.45) is 0 Å². The second kappa shape index (κ2) is 13.3. The van der Waals surface area contributed by atoms with Crippen LogP contribution in [0.3, 0.4) is 0 Å². The molecule has 0 N–H and O–H groups in total. The molecule has 0 amide bonds. The van der Waals surface area contributed by atoms with E-state index in [1.54, 1.807) is 0 Å². The molecule has 2 spiro atoms. The fourth-order valence-corrected chi connectivity index (χ4v) is 13.6. The molecule has 15 rings (SSSR count). The molecular weight excluding hydrogens is 793 g/mol. The van der Waals surface area contributed by atoms with Crippen molar-refractivity contribution in [2.75, 3.05) is 0 Å². The highest BCUT2D eigenvalue weighted by molar-refractivity contribution is 6.15. The van der Waals surface area contributed by atoms with Crippen LogP contribution in [-0.4, -0.2) is 0 Å². The summed E-state index contributed by atoms with van der Waals surface area (Å²) in [6.07, 6.45) is 1.00. The fourth-order valence-electron chi connectivity index (χ4n) is 13.6. The van der Waals surface area contributed by atoms with Crippen LogP contribution in [0, 0.1) is 0 Å². The normalized spacial score (nSPS) is 15.9. The first-order chi connectivity index (χ1) is 32.7. The van der Waals surface area contributed by atoms with Gasteiger partial charge in [0, 0.05) is 5.92 Å². The molecule has 0 fully saturated rings. The minimum Gasteiger partial charge on any atom is -0.0620 e. The lowest BCUT2D eigenvalue weighted by Gasteiger charge is -2.49. The molecule has 66 heavy (non-hydrogen) atoms. The van der Waals surface area contributed by atoms with Crippen molar-refractivity contribution in [1.82, 2.24) is 0 Å². The van der Waals surface area contributed by atoms with Gasteiger partial charge in [-0.2, -0.15) is 0 Å². The van der Waals surface area contributed by atoms with Crippen LogP contribution in [0.1, 0.15) is 67.1 Å². The van der Waals surface area contributed by atoms with Crippen LogP contribution in [0.5, 0.6) is 0 Å². The Labute approximate surface area is 385 Å². The van der Waals surface area contributed by atoms with E-state index in [-0.39, 0.29) is 0 Å². The van der Waals surface area contributed by atoms with Gasteiger partial charge in [-0.3, -0.25) is 0 Å². The van der Waals surface area contributed by atoms with Gasteiger partial charge in [-0.1, -0.05) is 218 Å². The molecule has 11 aromatic carbocycles. The van der Waals surface area contributed by atoms with Crippen molar-refractivity contribution in [2.45, 2.75) is 23.2 Å². The standard InChI is InChI=1S/C66H42/c1-2-18-45-43(17-1)37-54(47-20-4-3-19-46(45)47)41-33-35-42(36-34-41)55-38-44-39-63-64(40-56(44)49-22-6-5-21-48(49)55)66(59-29-13-9-25-52(59)53-26-10-14-30-60(53)66)62-32-16-15-31-61(62)65(63)57-27-11-7-23-50(57)51-24-8-12-28-58(51)65/h1-36,38-40,54H,37H2. The molecule has 4 aliphatic rings. The van der Waals surface area contributed by atoms with Crippen molar-refractivity contribution in [3.63, 3.8) is 0 Å². The number of hydrogen-bond acceptors (Lipinski definition) is 0. The smallest absolute Gasteiger partial charge is 0.0620 e. The van der Waals surface area contributed by atoms with Gasteiger partial charge in [-0.05, 0) is 152 Å². The molecule has 1 unspecified atom stereocenters. The van der Waals surface area contributed by atoms with Crippen LogP contribution in [0.2, 0.25) is 0 Å². The molecule has 0 aliphatic heterocycles. The molecule has 306 valence electrons. The number of hydrogen-bond donors (Lipinski definition) is 0. The Hall–Kier alpha value is -8.06. The second-order valence-corrected chi connectivity index (χ2v) is 18.9. The van der Waals surface area contributed by atoms with Crippen LogP contribution in [0.25, 0.3) is 66.1 Å². The SMILES string of the molecule is c1ccc2c(c1)CC(c1ccc(-c3cc4cc5c(cc4c4ccccc34)C3(c4ccccc4-c4ccccc43)c3ccccc3C53c4ccccc4-c4ccccc43)cc1)c1ccccc1-2. The molecule has 11 aromatic rings. The van der Waals surface area contributed by atoms with Crippen LogP contribution in [-0.2, 0) is 17.3 Å². The number of benzene rings is 11. The van der Waals surface area contributed by atoms with Crippen molar-refractivity contribution in [1.29, 1.82) is 0 Å². The molecule has 0 saturated carbocycles. The van der Waals surface area contributed by atoms with Crippen LogP contribution >= 0.6 is 0 Å². The average molecular weight is 835 g/mol. The lowest BCUT2D eigenvalue weighted by molar-refractivity contribution is 0.634. The van der Waals surface area contributed by atoms with E-state index in [4.69, 9.17) is 0 Å². The van der Waals surface area contributed by atoms with E-state index >= 15 is 0 Å². The Morgan fingerprint density at radius 2 is 0.727 bits per heavy atom. The van der Waals surface area contributed by atoms with E-state index in [2.05, 4.69) is 237 Å². The van der Waals surface area contributed by atoms with Crippen molar-refractivity contribution in [3.05, 3.63) is 298 Å². The molecule has 0 saturated heterocycles. The molecule has 1 atom stereocenters. The zero-order chi connectivity index (χ0) is 43.1. The summed E-state index contributed by atoms with van der Waals surface area (Å²) >= 11 is 0. The molecule has 0 aromatic heterocycles. The molecule has 4 aliphatic carbocycles. The van der Waals surface area contributed by atoms with Gasteiger partial charge in [0.15, 0.2) is 0 Å². The minimum absolute atomic E-state index is 0.305. The predicted octanol–water partition coefficient (Wildman–Crippen LogP) is 16.1. The van der Waals surface area contributed by atoms with Crippen LogP contribution < -0.4 is 0 Å². The number of rotatable bonds is 2. The highest BCUT2D eigenvalue weighted by atomic mass is 14.6. The van der Waals surface area contributed by atoms with Crippen LogP contribution in [0.15, 0.2) is 237 Å². The van der Waals surface area contributed by atoms with E-state index in [0.717, 1.165) is 6.42 Å². The van der Waals surface area contributed by atoms with E-state index in [0.29, 0.717) is 5.92 Å². The first kappa shape index (κ1) is 36.3. The summed E-state index contributed by atoms with van der Waals surface area (Å²) in [5, 5.41) is 5.11. The van der Waals surface area contributed by atoms with Gasteiger partial charge in [0.2, 0.25) is 0 Å². The van der Waals surface area contributed by atoms with Gasteiger partial charge in [0.1, 0.15) is 0 Å². The van der Waals surface area contributed by atoms with Gasteiger partial charge < -0.3 is 0 Å². The highest BCUT2D eigenvalue weighted by Gasteiger charge is 2.59. The Balaban J connectivity index is 1.02. The largest absolute Gasteiger partial charge is 0.0720 e. The molecule has 0 radical (unpaired) electrons. The first-order valence-electron chi connectivity index (χ1n) is 23.5. The number of fused-ring (bicyclic) bond motifs is 22. The molecule has 0 bridgehead atoms. The maximum Gasteiger partial charge on any atom is 0.0720 e. The lowest BCUT2D eigenvalue weighted by atomic mass is 9.52. The van der Waals surface area contributed by atoms with Gasteiger partial charge in [0.05, 0.1) is 10.8 Å². The third-order valence-electron chi connectivity index (χ3n) is 16.1. The van der Waals surface area contributed by atoms with Gasteiger partial charge in [0.25, 0.3) is 0 Å². The van der Waals surface area contributed by atoms with Crippen molar-refractivity contribution < 1.29 is 0 Å². The maximum absolute atomic E-state index is 2.62. The van der Waals surface area contributed by atoms with E-state index < -0.39 is 10.8 Å². The fraction of sp³-hybridized carbons (Fsp3) is 0.0606. The summed E-state index contributed by atoms with van der Waals surface area (Å²) in [6.45, 7) is 0. The summed E-state index contributed by atoms with van der Waals surface area (Å²) in [5.41, 5.74) is 24.6. The van der Waals surface area contributed by atoms with Crippen molar-refractivity contribution >= 4 is 21.5 Å². The maximum atomic E-state index is 2.62. The highest BCUT2D eigenvalue weighted by Crippen LogP contribution is 2.68. The van der Waals surface area contributed by atoms with E-state index in [1.807, 2.05) is 0 Å². The Kier molecular flexibility index (Phi) is 7.29. The third-order valence-corrected chi connectivity index (χ3v) is 16.1. The second-order valence-electron chi connectivity index (χ2n) is 18.9. The summed E-state index contributed by atoms with van der Waals surface area (Å²) in [6, 6.07) is 90.7. The van der Waals surface area contributed by atoms with Gasteiger partial charge in [-0.15, -0.1) is 0 Å². The van der Waals surface area contributed by atoms with E-state index in [9.17, 15) is 0 Å². The summed E-state index contributed by atoms with van der Waals surface area (Å²) in [4.78, 5) is 0. The quantitative estimate of drug-likeness (QED) is 0.152. The zero-order valence-electron chi connectivity index (χ0n) is 36.3. The Bertz CT molecular complexity index is 3770. The first-order valence-corrected chi connectivity index (χ1v) is 23.5. The lowest BCUT2D eigenvalue weighted by Crippen LogP contribution is -2.43. The third kappa shape index (κ3) is 4.49. The average Bonchev–Trinajstić information content (AvgIpc) is 3.86. The zero-order valence-corrected chi connectivity index (χ0v) is 36.3.